The van der Waals surface area contributed by atoms with E-state index in [-0.39, 0.29) is 18.3 Å². The molecule has 1 amide bonds. The fourth-order valence-corrected chi connectivity index (χ4v) is 2.84. The molecule has 0 unspecified atom stereocenters. The van der Waals surface area contributed by atoms with Gasteiger partial charge in [-0.3, -0.25) is 9.48 Å². The van der Waals surface area contributed by atoms with Crippen molar-refractivity contribution in [3.05, 3.63) is 70.4 Å². The maximum absolute atomic E-state index is 12.2. The number of aryl methyl sites for hydroxylation is 3. The van der Waals surface area contributed by atoms with Crippen LogP contribution in [-0.4, -0.2) is 22.2 Å². The molecule has 6 nitrogen and oxygen atoms in total. The fraction of sp³-hybridized carbons (Fsp3) is 0.333. The van der Waals surface area contributed by atoms with E-state index >= 15 is 0 Å². The molecule has 2 heterocycles. The molecule has 2 aromatic heterocycles. The van der Waals surface area contributed by atoms with Gasteiger partial charge in [-0.2, -0.15) is 5.10 Å². The van der Waals surface area contributed by atoms with Gasteiger partial charge in [0, 0.05) is 19.3 Å². The molecule has 0 fully saturated rings. The summed E-state index contributed by atoms with van der Waals surface area (Å²) in [4.78, 5) is 12.2. The number of rotatable bonds is 9. The molecule has 0 saturated heterocycles. The van der Waals surface area contributed by atoms with Crippen molar-refractivity contribution in [3.63, 3.8) is 0 Å². The average molecular weight is 402 g/mol. The van der Waals surface area contributed by atoms with Crippen LogP contribution in [0.2, 0.25) is 5.02 Å². The van der Waals surface area contributed by atoms with Crippen molar-refractivity contribution in [1.29, 1.82) is 0 Å². The molecular formula is C21H24ClN3O3. The van der Waals surface area contributed by atoms with Gasteiger partial charge in [-0.15, -0.1) is 0 Å². The smallest absolute Gasteiger partial charge is 0.286 e. The van der Waals surface area contributed by atoms with Crippen LogP contribution >= 0.6 is 11.6 Å². The van der Waals surface area contributed by atoms with Crippen LogP contribution in [0.5, 0.6) is 5.75 Å². The molecule has 0 atom stereocenters. The summed E-state index contributed by atoms with van der Waals surface area (Å²) in [5.74, 6) is 1.41. The number of benzene rings is 1. The van der Waals surface area contributed by atoms with Crippen LogP contribution in [0.1, 0.15) is 40.9 Å². The number of nitrogens with zero attached hydrogens (tertiary/aromatic N) is 2. The van der Waals surface area contributed by atoms with Gasteiger partial charge in [0.2, 0.25) is 0 Å². The van der Waals surface area contributed by atoms with Crippen LogP contribution in [0.4, 0.5) is 0 Å². The van der Waals surface area contributed by atoms with Crippen LogP contribution in [0.15, 0.2) is 47.0 Å². The molecule has 0 spiro atoms. The second kappa shape index (κ2) is 9.46. The van der Waals surface area contributed by atoms with E-state index in [2.05, 4.69) is 17.3 Å². The minimum Gasteiger partial charge on any atom is -0.486 e. The lowest BCUT2D eigenvalue weighted by molar-refractivity contribution is 0.0921. The van der Waals surface area contributed by atoms with Gasteiger partial charge in [-0.05, 0) is 49.6 Å². The molecular weight excluding hydrogens is 378 g/mol. The number of halogens is 1. The number of hydrogen-bond acceptors (Lipinski definition) is 4. The molecule has 0 aliphatic carbocycles. The zero-order chi connectivity index (χ0) is 19.9. The van der Waals surface area contributed by atoms with Crippen molar-refractivity contribution in [2.45, 2.75) is 39.8 Å². The minimum absolute atomic E-state index is 0.242. The Morgan fingerprint density at radius 3 is 2.71 bits per heavy atom. The van der Waals surface area contributed by atoms with Crippen LogP contribution in [0.25, 0.3) is 0 Å². The molecule has 3 rings (SSSR count). The van der Waals surface area contributed by atoms with Gasteiger partial charge < -0.3 is 14.5 Å². The van der Waals surface area contributed by atoms with E-state index in [0.29, 0.717) is 23.9 Å². The first kappa shape index (κ1) is 20.0. The molecule has 1 aromatic carbocycles. The lowest BCUT2D eigenvalue weighted by atomic mass is 10.2. The number of amides is 1. The monoisotopic (exact) mass is 401 g/mol. The normalized spacial score (nSPS) is 10.8. The highest BCUT2D eigenvalue weighted by Gasteiger charge is 2.11. The van der Waals surface area contributed by atoms with Crippen LogP contribution in [-0.2, 0) is 19.6 Å². The van der Waals surface area contributed by atoms with Crippen molar-refractivity contribution in [3.8, 4) is 5.75 Å². The molecule has 3 aromatic rings. The van der Waals surface area contributed by atoms with Gasteiger partial charge in [0.15, 0.2) is 5.76 Å². The van der Waals surface area contributed by atoms with Gasteiger partial charge in [0.05, 0.1) is 10.7 Å². The van der Waals surface area contributed by atoms with Crippen molar-refractivity contribution in [2.24, 2.45) is 0 Å². The molecule has 1 N–H and O–H groups in total. The molecule has 7 heteroatoms. The van der Waals surface area contributed by atoms with E-state index in [1.165, 1.54) is 5.56 Å². The second-order valence-electron chi connectivity index (χ2n) is 6.49. The largest absolute Gasteiger partial charge is 0.486 e. The van der Waals surface area contributed by atoms with Crippen molar-refractivity contribution < 1.29 is 13.9 Å². The SMILES string of the molecule is CCc1ccc(OCc2ccc(C(=O)NCCCn3cc(Cl)c(C)n3)o2)cc1. The number of nitrogens with one attached hydrogen (secondary N) is 1. The van der Waals surface area contributed by atoms with E-state index in [0.717, 1.165) is 24.3 Å². The first-order valence-corrected chi connectivity index (χ1v) is 9.71. The van der Waals surface area contributed by atoms with Crippen molar-refractivity contribution in [2.75, 3.05) is 6.54 Å². The van der Waals surface area contributed by atoms with E-state index < -0.39 is 0 Å². The summed E-state index contributed by atoms with van der Waals surface area (Å²) in [6.45, 7) is 5.45. The average Bonchev–Trinajstić information content (AvgIpc) is 3.30. The number of hydrogen-bond donors (Lipinski definition) is 1. The lowest BCUT2D eigenvalue weighted by Crippen LogP contribution is -2.24. The Morgan fingerprint density at radius 1 is 1.25 bits per heavy atom. The van der Waals surface area contributed by atoms with Crippen molar-refractivity contribution in [1.82, 2.24) is 15.1 Å². The molecule has 0 bridgehead atoms. The highest BCUT2D eigenvalue weighted by molar-refractivity contribution is 6.31. The van der Waals surface area contributed by atoms with Gasteiger partial charge in [0.25, 0.3) is 5.91 Å². The predicted molar refractivity (Wildman–Crippen MR) is 108 cm³/mol. The summed E-state index contributed by atoms with van der Waals surface area (Å²) in [5, 5.41) is 7.77. The third-order valence-electron chi connectivity index (χ3n) is 4.33. The Morgan fingerprint density at radius 2 is 2.04 bits per heavy atom. The highest BCUT2D eigenvalue weighted by Crippen LogP contribution is 2.16. The van der Waals surface area contributed by atoms with Gasteiger partial charge in [0.1, 0.15) is 18.1 Å². The van der Waals surface area contributed by atoms with Gasteiger partial charge in [-0.1, -0.05) is 30.7 Å². The van der Waals surface area contributed by atoms with E-state index in [9.17, 15) is 4.79 Å². The highest BCUT2D eigenvalue weighted by atomic mass is 35.5. The lowest BCUT2D eigenvalue weighted by Gasteiger charge is -2.05. The third kappa shape index (κ3) is 5.39. The van der Waals surface area contributed by atoms with Crippen molar-refractivity contribution >= 4 is 17.5 Å². The fourth-order valence-electron chi connectivity index (χ4n) is 2.69. The standard InChI is InChI=1S/C21H24ClN3O3/c1-3-16-5-7-17(8-6-16)27-14-18-9-10-20(28-18)21(26)23-11-4-12-25-13-19(22)15(2)24-25/h5-10,13H,3-4,11-12,14H2,1-2H3,(H,23,26). The number of aromatic nitrogens is 2. The Bertz CT molecular complexity index is 896. The van der Waals surface area contributed by atoms with Gasteiger partial charge >= 0.3 is 0 Å². The number of furan rings is 1. The molecule has 0 aliphatic rings. The third-order valence-corrected chi connectivity index (χ3v) is 4.71. The Labute approximate surface area is 169 Å². The minimum atomic E-state index is -0.242. The summed E-state index contributed by atoms with van der Waals surface area (Å²) >= 11 is 5.98. The quantitative estimate of drug-likeness (QED) is 0.539. The summed E-state index contributed by atoms with van der Waals surface area (Å²) in [6.07, 6.45) is 3.52. The maximum atomic E-state index is 12.2. The zero-order valence-electron chi connectivity index (χ0n) is 16.1. The summed E-state index contributed by atoms with van der Waals surface area (Å²) in [6, 6.07) is 11.4. The summed E-state index contributed by atoms with van der Waals surface area (Å²) in [5.41, 5.74) is 2.06. The van der Waals surface area contributed by atoms with E-state index in [1.54, 1.807) is 23.0 Å². The molecule has 148 valence electrons. The van der Waals surface area contributed by atoms with Gasteiger partial charge in [-0.25, -0.2) is 0 Å². The predicted octanol–water partition coefficient (Wildman–Crippen LogP) is 4.40. The van der Waals surface area contributed by atoms with E-state index in [4.69, 9.17) is 20.8 Å². The summed E-state index contributed by atoms with van der Waals surface area (Å²) in [7, 11) is 0. The first-order chi connectivity index (χ1) is 13.5. The number of ether oxygens (including phenoxy) is 1. The van der Waals surface area contributed by atoms with Crippen LogP contribution in [0.3, 0.4) is 0 Å². The molecule has 0 saturated carbocycles. The second-order valence-corrected chi connectivity index (χ2v) is 6.89. The Hall–Kier alpha value is -2.73. The molecule has 0 aliphatic heterocycles. The first-order valence-electron chi connectivity index (χ1n) is 9.33. The Kier molecular flexibility index (Phi) is 6.76. The van der Waals surface area contributed by atoms with Crippen LogP contribution < -0.4 is 10.1 Å². The molecule has 28 heavy (non-hydrogen) atoms. The summed E-state index contributed by atoms with van der Waals surface area (Å²) < 4.78 is 13.0. The topological polar surface area (TPSA) is 69.3 Å². The molecule has 0 radical (unpaired) electrons. The van der Waals surface area contributed by atoms with E-state index in [1.807, 2.05) is 31.2 Å². The number of carbonyl (C=O) groups is 1. The van der Waals surface area contributed by atoms with Crippen LogP contribution in [0, 0.1) is 6.92 Å². The number of carbonyl (C=O) groups excluding carboxylic acids is 1. The maximum Gasteiger partial charge on any atom is 0.286 e. The zero-order valence-corrected chi connectivity index (χ0v) is 16.8. The Balaban J connectivity index is 1.41.